The monoisotopic (exact) mass is 309 g/mol. The van der Waals surface area contributed by atoms with Crippen LogP contribution in [0, 0.1) is 5.92 Å². The molecule has 5 nitrogen and oxygen atoms in total. The minimum atomic E-state index is 0.0408. The molecule has 1 aliphatic rings. The molecule has 1 atom stereocenters. The van der Waals surface area contributed by atoms with E-state index in [1.807, 2.05) is 18.2 Å². The van der Waals surface area contributed by atoms with E-state index in [2.05, 4.69) is 26.1 Å². The summed E-state index contributed by atoms with van der Waals surface area (Å²) in [4.78, 5) is 13.6. The molecule has 2 N–H and O–H groups in total. The van der Waals surface area contributed by atoms with Crippen molar-refractivity contribution in [2.75, 3.05) is 18.1 Å². The Labute approximate surface area is 112 Å². The molecule has 1 aliphatic heterocycles. The number of halogens is 1. The summed E-state index contributed by atoms with van der Waals surface area (Å²) >= 11 is 3.38. The zero-order valence-electron chi connectivity index (χ0n) is 9.56. The van der Waals surface area contributed by atoms with Gasteiger partial charge >= 0.3 is 0 Å². The molecule has 1 amide bonds. The summed E-state index contributed by atoms with van der Waals surface area (Å²) in [7, 11) is 0. The van der Waals surface area contributed by atoms with Crippen molar-refractivity contribution in [3.05, 3.63) is 22.8 Å². The smallest absolute Gasteiger partial charge is 0.227 e. The third kappa shape index (κ3) is 1.81. The molecule has 2 heterocycles. The highest BCUT2D eigenvalue weighted by molar-refractivity contribution is 9.10. The van der Waals surface area contributed by atoms with Gasteiger partial charge in [-0.15, -0.1) is 0 Å². The Hall–Kier alpha value is -1.40. The molecule has 18 heavy (non-hydrogen) atoms. The summed E-state index contributed by atoms with van der Waals surface area (Å²) in [6, 6.07) is 5.71. The van der Waals surface area contributed by atoms with Crippen LogP contribution < -0.4 is 4.90 Å². The highest BCUT2D eigenvalue weighted by Gasteiger charge is 2.30. The second-order valence-electron chi connectivity index (χ2n) is 4.50. The van der Waals surface area contributed by atoms with Crippen molar-refractivity contribution in [1.29, 1.82) is 0 Å². The highest BCUT2D eigenvalue weighted by Crippen LogP contribution is 2.29. The number of rotatable bonds is 2. The van der Waals surface area contributed by atoms with Gasteiger partial charge in [-0.3, -0.25) is 9.89 Å². The third-order valence-electron chi connectivity index (χ3n) is 3.27. The van der Waals surface area contributed by atoms with Crippen LogP contribution in [0.1, 0.15) is 6.42 Å². The van der Waals surface area contributed by atoms with E-state index in [1.54, 1.807) is 4.90 Å². The van der Waals surface area contributed by atoms with Crippen LogP contribution in [0.2, 0.25) is 0 Å². The average Bonchev–Trinajstić information content (AvgIpc) is 2.93. The van der Waals surface area contributed by atoms with Crippen molar-refractivity contribution in [3.63, 3.8) is 0 Å². The predicted octanol–water partition coefficient (Wildman–Crippen LogP) is 1.67. The lowest BCUT2D eigenvalue weighted by molar-refractivity contribution is -0.117. The van der Waals surface area contributed by atoms with Crippen molar-refractivity contribution < 1.29 is 9.90 Å². The van der Waals surface area contributed by atoms with E-state index in [0.717, 1.165) is 21.2 Å². The fraction of sp³-hybridized carbons (Fsp3) is 0.333. The minimum absolute atomic E-state index is 0.0408. The van der Waals surface area contributed by atoms with Gasteiger partial charge in [0.15, 0.2) is 0 Å². The number of hydrogen-bond acceptors (Lipinski definition) is 3. The van der Waals surface area contributed by atoms with Crippen LogP contribution in [0.25, 0.3) is 10.9 Å². The normalized spacial score (nSPS) is 20.0. The number of nitrogens with zero attached hydrogens (tertiary/aromatic N) is 2. The largest absolute Gasteiger partial charge is 0.396 e. The van der Waals surface area contributed by atoms with Crippen LogP contribution in [0.15, 0.2) is 22.8 Å². The van der Waals surface area contributed by atoms with Gasteiger partial charge in [0.25, 0.3) is 0 Å². The number of amides is 1. The fourth-order valence-corrected chi connectivity index (χ4v) is 2.71. The zero-order valence-corrected chi connectivity index (χ0v) is 11.1. The van der Waals surface area contributed by atoms with E-state index < -0.39 is 0 Å². The van der Waals surface area contributed by atoms with Gasteiger partial charge in [-0.2, -0.15) is 5.10 Å². The van der Waals surface area contributed by atoms with Gasteiger partial charge in [0.05, 0.1) is 5.52 Å². The molecule has 1 aromatic carbocycles. The number of aliphatic hydroxyl groups excluding tert-OH is 1. The number of aliphatic hydroxyl groups is 1. The first-order valence-electron chi connectivity index (χ1n) is 5.74. The van der Waals surface area contributed by atoms with Crippen LogP contribution in [0.4, 0.5) is 5.69 Å². The Kier molecular flexibility index (Phi) is 2.83. The second-order valence-corrected chi connectivity index (χ2v) is 5.29. The summed E-state index contributed by atoms with van der Waals surface area (Å²) in [6.45, 7) is 0.630. The SMILES string of the molecule is O=C1CC(CO)CN1c1ccc2c(Br)[nH]nc2c1. The standard InChI is InChI=1S/C12H12BrN3O2/c13-12-9-2-1-8(4-10(9)14-15-12)16-5-7(6-17)3-11(16)18/h1-2,4,7,17H,3,5-6H2,(H,14,15). The van der Waals surface area contributed by atoms with Gasteiger partial charge in [-0.05, 0) is 34.1 Å². The van der Waals surface area contributed by atoms with E-state index in [0.29, 0.717) is 13.0 Å². The number of hydrogen-bond donors (Lipinski definition) is 2. The molecule has 94 valence electrons. The first kappa shape index (κ1) is 11.7. The molecule has 0 saturated carbocycles. The number of H-pyrrole nitrogens is 1. The Balaban J connectivity index is 1.97. The van der Waals surface area contributed by atoms with Crippen LogP contribution in [-0.2, 0) is 4.79 Å². The van der Waals surface area contributed by atoms with Crippen molar-refractivity contribution in [3.8, 4) is 0 Å². The molecule has 1 saturated heterocycles. The maximum absolute atomic E-state index is 11.9. The molecule has 0 spiro atoms. The summed E-state index contributed by atoms with van der Waals surface area (Å²) in [5, 5.41) is 17.1. The highest BCUT2D eigenvalue weighted by atomic mass is 79.9. The summed E-state index contributed by atoms with van der Waals surface area (Å²) < 4.78 is 0.838. The van der Waals surface area contributed by atoms with Gasteiger partial charge in [-0.25, -0.2) is 0 Å². The Morgan fingerprint density at radius 1 is 1.56 bits per heavy atom. The quantitative estimate of drug-likeness (QED) is 0.886. The van der Waals surface area contributed by atoms with Crippen molar-refractivity contribution >= 4 is 38.4 Å². The Bertz CT molecular complexity index is 610. The van der Waals surface area contributed by atoms with Crippen molar-refractivity contribution in [2.24, 2.45) is 5.92 Å². The van der Waals surface area contributed by atoms with E-state index >= 15 is 0 Å². The fourth-order valence-electron chi connectivity index (χ4n) is 2.29. The third-order valence-corrected chi connectivity index (χ3v) is 3.87. The van der Waals surface area contributed by atoms with Crippen LogP contribution in [-0.4, -0.2) is 34.4 Å². The number of fused-ring (bicyclic) bond motifs is 1. The first-order valence-corrected chi connectivity index (χ1v) is 6.53. The molecular formula is C12H12BrN3O2. The number of aromatic nitrogens is 2. The lowest BCUT2D eigenvalue weighted by Crippen LogP contribution is -2.24. The average molecular weight is 310 g/mol. The van der Waals surface area contributed by atoms with Gasteiger partial charge in [0.2, 0.25) is 5.91 Å². The van der Waals surface area contributed by atoms with Crippen molar-refractivity contribution in [1.82, 2.24) is 10.2 Å². The zero-order chi connectivity index (χ0) is 12.7. The van der Waals surface area contributed by atoms with Crippen molar-refractivity contribution in [2.45, 2.75) is 6.42 Å². The van der Waals surface area contributed by atoms with Crippen LogP contribution in [0.5, 0.6) is 0 Å². The number of benzene rings is 1. The molecule has 0 radical (unpaired) electrons. The lowest BCUT2D eigenvalue weighted by atomic mass is 10.1. The van der Waals surface area contributed by atoms with Crippen LogP contribution in [0.3, 0.4) is 0 Å². The topological polar surface area (TPSA) is 69.2 Å². The number of aromatic amines is 1. The first-order chi connectivity index (χ1) is 8.69. The van der Waals surface area contributed by atoms with Gasteiger partial charge in [0.1, 0.15) is 4.60 Å². The van der Waals surface area contributed by atoms with E-state index in [4.69, 9.17) is 5.11 Å². The van der Waals surface area contributed by atoms with E-state index in [-0.39, 0.29) is 18.4 Å². The molecule has 3 rings (SSSR count). The molecule has 1 aromatic heterocycles. The molecule has 6 heteroatoms. The Morgan fingerprint density at radius 2 is 2.39 bits per heavy atom. The van der Waals surface area contributed by atoms with Crippen LogP contribution >= 0.6 is 15.9 Å². The predicted molar refractivity (Wildman–Crippen MR) is 71.3 cm³/mol. The number of nitrogens with one attached hydrogen (secondary N) is 1. The van der Waals surface area contributed by atoms with E-state index in [9.17, 15) is 4.79 Å². The van der Waals surface area contributed by atoms with Gasteiger partial charge < -0.3 is 10.0 Å². The molecule has 1 fully saturated rings. The Morgan fingerprint density at radius 3 is 3.11 bits per heavy atom. The minimum Gasteiger partial charge on any atom is -0.396 e. The molecule has 0 bridgehead atoms. The summed E-state index contributed by atoms with van der Waals surface area (Å²) in [5.41, 5.74) is 1.65. The number of anilines is 1. The van der Waals surface area contributed by atoms with E-state index in [1.165, 1.54) is 0 Å². The van der Waals surface area contributed by atoms with Gasteiger partial charge in [0, 0.05) is 36.6 Å². The maximum Gasteiger partial charge on any atom is 0.227 e. The number of carbonyl (C=O) groups is 1. The summed E-state index contributed by atoms with van der Waals surface area (Å²) in [5.74, 6) is 0.0992. The molecular weight excluding hydrogens is 298 g/mol. The lowest BCUT2D eigenvalue weighted by Gasteiger charge is -2.16. The van der Waals surface area contributed by atoms with Gasteiger partial charge in [-0.1, -0.05) is 0 Å². The molecule has 2 aromatic rings. The number of carbonyl (C=O) groups excluding carboxylic acids is 1. The molecule has 1 unspecified atom stereocenters. The second kappa shape index (κ2) is 4.37. The summed E-state index contributed by atoms with van der Waals surface area (Å²) in [6.07, 6.45) is 0.415. The maximum atomic E-state index is 11.9. The molecule has 0 aliphatic carbocycles.